The third kappa shape index (κ3) is 4.66. The molecule has 0 saturated heterocycles. The fourth-order valence-electron chi connectivity index (χ4n) is 3.65. The van der Waals surface area contributed by atoms with Crippen LogP contribution in [0.3, 0.4) is 0 Å². The molecule has 0 radical (unpaired) electrons. The Morgan fingerprint density at radius 2 is 1.42 bits per heavy atom. The molecule has 0 aliphatic rings. The Kier molecular flexibility index (Phi) is 7.26. The molecule has 138 valence electrons. The van der Waals surface area contributed by atoms with Gasteiger partial charge in [0.25, 0.3) is 8.32 Å². The Morgan fingerprint density at radius 1 is 0.923 bits per heavy atom. The maximum absolute atomic E-state index is 6.90. The topological polar surface area (TPSA) is 9.23 Å². The van der Waals surface area contributed by atoms with Crippen LogP contribution in [0.2, 0.25) is 5.04 Å². The minimum atomic E-state index is -2.39. The van der Waals surface area contributed by atoms with E-state index in [0.717, 1.165) is 25.9 Å². The minimum absolute atomic E-state index is 0.0394. The van der Waals surface area contributed by atoms with Crippen molar-refractivity contribution in [2.75, 3.05) is 6.61 Å². The average Bonchev–Trinajstić information content (AvgIpc) is 2.64. The molecular weight excluding hydrogens is 332 g/mol. The van der Waals surface area contributed by atoms with Gasteiger partial charge in [-0.2, -0.15) is 0 Å². The summed E-state index contributed by atoms with van der Waals surface area (Å²) in [5, 5.41) is 2.72. The molecule has 0 amide bonds. The van der Waals surface area contributed by atoms with Crippen LogP contribution in [-0.2, 0) is 4.43 Å². The lowest BCUT2D eigenvalue weighted by atomic mass is 10.0. The summed E-state index contributed by atoms with van der Waals surface area (Å²) in [5.74, 6) is 3.34. The highest BCUT2D eigenvalue weighted by Gasteiger charge is 2.49. The third-order valence-corrected chi connectivity index (χ3v) is 10.2. The zero-order valence-corrected chi connectivity index (χ0v) is 17.7. The number of hydrogen-bond donors (Lipinski definition) is 0. The van der Waals surface area contributed by atoms with Crippen molar-refractivity contribution in [3.8, 4) is 12.3 Å². The second-order valence-electron chi connectivity index (χ2n) is 8.15. The summed E-state index contributed by atoms with van der Waals surface area (Å²) in [7, 11) is -2.39. The number of rotatable bonds is 8. The monoisotopic (exact) mass is 364 g/mol. The molecule has 0 unspecified atom stereocenters. The predicted molar refractivity (Wildman–Crippen MR) is 115 cm³/mol. The van der Waals surface area contributed by atoms with Crippen molar-refractivity contribution >= 4 is 18.7 Å². The maximum Gasteiger partial charge on any atom is 0.261 e. The molecule has 0 saturated carbocycles. The Hall–Kier alpha value is -1.82. The van der Waals surface area contributed by atoms with Gasteiger partial charge in [0.05, 0.1) is 0 Å². The molecule has 2 heteroatoms. The Morgan fingerprint density at radius 3 is 1.85 bits per heavy atom. The molecule has 0 heterocycles. The highest BCUT2D eigenvalue weighted by molar-refractivity contribution is 6.99. The van der Waals surface area contributed by atoms with Crippen LogP contribution in [0.15, 0.2) is 60.7 Å². The van der Waals surface area contributed by atoms with Crippen LogP contribution in [0.1, 0.15) is 47.0 Å². The molecule has 2 rings (SSSR count). The van der Waals surface area contributed by atoms with Crippen molar-refractivity contribution < 1.29 is 4.43 Å². The van der Waals surface area contributed by atoms with Gasteiger partial charge >= 0.3 is 0 Å². The molecule has 0 fully saturated rings. The second kappa shape index (κ2) is 9.21. The predicted octanol–water partition coefficient (Wildman–Crippen LogP) is 5.00. The fraction of sp³-hybridized carbons (Fsp3) is 0.417. The van der Waals surface area contributed by atoms with E-state index in [2.05, 4.69) is 94.3 Å². The van der Waals surface area contributed by atoms with Crippen LogP contribution in [0, 0.1) is 18.3 Å². The molecule has 0 aliphatic heterocycles. The molecule has 26 heavy (non-hydrogen) atoms. The van der Waals surface area contributed by atoms with E-state index in [4.69, 9.17) is 10.8 Å². The van der Waals surface area contributed by atoms with E-state index in [1.807, 2.05) is 0 Å². The third-order valence-electron chi connectivity index (χ3n) is 5.13. The average molecular weight is 365 g/mol. The van der Waals surface area contributed by atoms with Crippen molar-refractivity contribution in [1.29, 1.82) is 0 Å². The van der Waals surface area contributed by atoms with E-state index in [9.17, 15) is 0 Å². The molecule has 1 atom stereocenters. The molecular formula is C24H32OSi. The quantitative estimate of drug-likeness (QED) is 0.473. The molecule has 0 bridgehead atoms. The standard InChI is InChI=1S/C24H32OSi/c1-6-7-14-21(2)19-20-25-26(24(3,4)5,22-15-10-8-11-16-22)23-17-12-9-13-18-23/h1,8-13,15-18,21H,7,14,19-20H2,2-5H3/t21-/m0/s1. The van der Waals surface area contributed by atoms with E-state index < -0.39 is 8.32 Å². The van der Waals surface area contributed by atoms with Crippen LogP contribution in [0.25, 0.3) is 0 Å². The smallest absolute Gasteiger partial charge is 0.261 e. The highest BCUT2D eigenvalue weighted by Crippen LogP contribution is 2.37. The normalized spacial score (nSPS) is 13.2. The van der Waals surface area contributed by atoms with Gasteiger partial charge in [-0.3, -0.25) is 0 Å². The summed E-state index contributed by atoms with van der Waals surface area (Å²) in [6, 6.07) is 21.7. The number of hydrogen-bond acceptors (Lipinski definition) is 1. The second-order valence-corrected chi connectivity index (χ2v) is 12.5. The van der Waals surface area contributed by atoms with Gasteiger partial charge in [-0.05, 0) is 34.2 Å². The van der Waals surface area contributed by atoms with Gasteiger partial charge in [-0.1, -0.05) is 88.4 Å². The first-order chi connectivity index (χ1) is 12.4. The zero-order valence-electron chi connectivity index (χ0n) is 16.7. The van der Waals surface area contributed by atoms with E-state index >= 15 is 0 Å². The summed E-state index contributed by atoms with van der Waals surface area (Å²) >= 11 is 0. The summed E-state index contributed by atoms with van der Waals surface area (Å²) in [6.07, 6.45) is 8.37. The van der Waals surface area contributed by atoms with Gasteiger partial charge in [0.1, 0.15) is 0 Å². The minimum Gasteiger partial charge on any atom is -0.407 e. The lowest BCUT2D eigenvalue weighted by Gasteiger charge is -2.43. The lowest BCUT2D eigenvalue weighted by Crippen LogP contribution is -2.66. The molecule has 0 aromatic heterocycles. The van der Waals surface area contributed by atoms with Crippen molar-refractivity contribution in [3.05, 3.63) is 60.7 Å². The SMILES string of the molecule is C#CCC[C@H](C)CCO[Si](c1ccccc1)(c1ccccc1)C(C)(C)C. The Bertz CT molecular complexity index is 655. The Balaban J connectivity index is 2.37. The number of terminal acetylenes is 1. The molecule has 2 aromatic carbocycles. The highest BCUT2D eigenvalue weighted by atomic mass is 28.4. The van der Waals surface area contributed by atoms with E-state index in [1.165, 1.54) is 10.4 Å². The molecule has 0 spiro atoms. The van der Waals surface area contributed by atoms with Crippen molar-refractivity contribution in [1.82, 2.24) is 0 Å². The zero-order chi connectivity index (χ0) is 19.0. The maximum atomic E-state index is 6.90. The van der Waals surface area contributed by atoms with Crippen LogP contribution in [-0.4, -0.2) is 14.9 Å². The first kappa shape index (κ1) is 20.5. The largest absolute Gasteiger partial charge is 0.407 e. The number of benzene rings is 2. The van der Waals surface area contributed by atoms with Crippen molar-refractivity contribution in [2.24, 2.45) is 5.92 Å². The van der Waals surface area contributed by atoms with Crippen LogP contribution in [0.4, 0.5) is 0 Å². The first-order valence-corrected chi connectivity index (χ1v) is 11.5. The Labute approximate surface area is 160 Å². The van der Waals surface area contributed by atoms with Crippen LogP contribution < -0.4 is 10.4 Å². The van der Waals surface area contributed by atoms with E-state index in [0.29, 0.717) is 5.92 Å². The van der Waals surface area contributed by atoms with Gasteiger partial charge in [0.2, 0.25) is 0 Å². The fourth-order valence-corrected chi connectivity index (χ4v) is 8.23. The van der Waals surface area contributed by atoms with Gasteiger partial charge in [0.15, 0.2) is 0 Å². The van der Waals surface area contributed by atoms with Crippen LogP contribution in [0.5, 0.6) is 0 Å². The van der Waals surface area contributed by atoms with Crippen molar-refractivity contribution in [3.63, 3.8) is 0 Å². The summed E-state index contributed by atoms with van der Waals surface area (Å²) in [6.45, 7) is 10.0. The molecule has 1 nitrogen and oxygen atoms in total. The lowest BCUT2D eigenvalue weighted by molar-refractivity contribution is 0.265. The van der Waals surface area contributed by atoms with Crippen molar-refractivity contribution in [2.45, 2.75) is 52.0 Å². The van der Waals surface area contributed by atoms with E-state index in [1.54, 1.807) is 0 Å². The molecule has 0 aliphatic carbocycles. The van der Waals surface area contributed by atoms with Crippen LogP contribution >= 0.6 is 0 Å². The summed E-state index contributed by atoms with van der Waals surface area (Å²) < 4.78 is 6.90. The molecule has 2 aromatic rings. The summed E-state index contributed by atoms with van der Waals surface area (Å²) in [5.41, 5.74) is 0. The molecule has 0 N–H and O–H groups in total. The van der Waals surface area contributed by atoms with E-state index in [-0.39, 0.29) is 5.04 Å². The van der Waals surface area contributed by atoms with Gasteiger partial charge in [-0.25, -0.2) is 0 Å². The van der Waals surface area contributed by atoms with Gasteiger partial charge in [0, 0.05) is 13.0 Å². The summed E-state index contributed by atoms with van der Waals surface area (Å²) in [4.78, 5) is 0. The first-order valence-electron chi connectivity index (χ1n) is 9.60. The van der Waals surface area contributed by atoms with Gasteiger partial charge < -0.3 is 4.43 Å². The van der Waals surface area contributed by atoms with Gasteiger partial charge in [-0.15, -0.1) is 12.3 Å².